The summed E-state index contributed by atoms with van der Waals surface area (Å²) in [6.45, 7) is 5.66. The average Bonchev–Trinajstić information content (AvgIpc) is 2.83. The van der Waals surface area contributed by atoms with Crippen molar-refractivity contribution in [1.29, 1.82) is 0 Å². The maximum atomic E-state index is 13.7. The molecule has 0 radical (unpaired) electrons. The molecule has 0 fully saturated rings. The zero-order chi connectivity index (χ0) is 15.2. The van der Waals surface area contributed by atoms with Crippen molar-refractivity contribution in [2.24, 2.45) is 0 Å². The highest BCUT2D eigenvalue weighted by Gasteiger charge is 2.28. The molecule has 0 aliphatic carbocycles. The normalized spacial score (nSPS) is 12.0. The Kier molecular flexibility index (Phi) is 3.62. The van der Waals surface area contributed by atoms with Crippen LogP contribution in [0.2, 0.25) is 0 Å². The highest BCUT2D eigenvalue weighted by atomic mass is 32.1. The summed E-state index contributed by atoms with van der Waals surface area (Å²) in [4.78, 5) is 0.0164. The van der Waals surface area contributed by atoms with Crippen LogP contribution in [0.4, 0.5) is 22.0 Å². The number of halogens is 5. The van der Waals surface area contributed by atoms with Crippen LogP contribution in [0.1, 0.15) is 26.3 Å². The van der Waals surface area contributed by atoms with Crippen LogP contribution in [0.15, 0.2) is 11.4 Å². The summed E-state index contributed by atoms with van der Waals surface area (Å²) < 4.78 is 66.7. The molecular formula is C14H11F5S. The van der Waals surface area contributed by atoms with E-state index in [4.69, 9.17) is 0 Å². The molecule has 0 N–H and O–H groups in total. The molecule has 0 bridgehead atoms. The molecule has 0 atom stereocenters. The Balaban J connectivity index is 2.68. The zero-order valence-electron chi connectivity index (χ0n) is 11.0. The van der Waals surface area contributed by atoms with Gasteiger partial charge in [0.05, 0.1) is 5.56 Å². The van der Waals surface area contributed by atoms with E-state index >= 15 is 0 Å². The molecule has 1 aromatic heterocycles. The van der Waals surface area contributed by atoms with Crippen molar-refractivity contribution >= 4 is 11.3 Å². The Morgan fingerprint density at radius 2 is 1.25 bits per heavy atom. The third-order valence-corrected chi connectivity index (χ3v) is 3.87. The van der Waals surface area contributed by atoms with Gasteiger partial charge in [-0.15, -0.1) is 11.3 Å². The molecule has 0 amide bonds. The molecule has 1 heterocycles. The Labute approximate surface area is 116 Å². The first-order valence-electron chi connectivity index (χ1n) is 5.75. The molecule has 1 aromatic carbocycles. The molecule has 2 rings (SSSR count). The van der Waals surface area contributed by atoms with Gasteiger partial charge in [0, 0.05) is 4.88 Å². The summed E-state index contributed by atoms with van der Waals surface area (Å²) in [5.74, 6) is -9.60. The van der Waals surface area contributed by atoms with Gasteiger partial charge in [-0.1, -0.05) is 20.8 Å². The van der Waals surface area contributed by atoms with E-state index in [1.54, 1.807) is 5.38 Å². The number of thiophene rings is 1. The Morgan fingerprint density at radius 3 is 1.65 bits per heavy atom. The third kappa shape index (κ3) is 2.32. The lowest BCUT2D eigenvalue weighted by molar-refractivity contribution is 0.381. The van der Waals surface area contributed by atoms with E-state index in [0.717, 1.165) is 16.9 Å². The quantitative estimate of drug-likeness (QED) is 0.375. The van der Waals surface area contributed by atoms with Gasteiger partial charge < -0.3 is 0 Å². The second kappa shape index (κ2) is 4.84. The van der Waals surface area contributed by atoms with Crippen LogP contribution in [0.5, 0.6) is 0 Å². The molecule has 0 unspecified atom stereocenters. The smallest absolute Gasteiger partial charge is 0.200 e. The van der Waals surface area contributed by atoms with Gasteiger partial charge in [-0.2, -0.15) is 0 Å². The van der Waals surface area contributed by atoms with Crippen molar-refractivity contribution in [2.45, 2.75) is 26.2 Å². The summed E-state index contributed by atoms with van der Waals surface area (Å²) in [6.07, 6.45) is 0. The Hall–Kier alpha value is -1.43. The number of hydrogen-bond acceptors (Lipinski definition) is 1. The molecule has 0 aliphatic rings. The summed E-state index contributed by atoms with van der Waals surface area (Å²) in [5.41, 5.74) is -0.387. The van der Waals surface area contributed by atoms with Gasteiger partial charge in [-0.05, 0) is 22.4 Å². The van der Waals surface area contributed by atoms with Crippen LogP contribution in [0, 0.1) is 29.1 Å². The van der Waals surface area contributed by atoms with Crippen LogP contribution < -0.4 is 0 Å². The fourth-order valence-electron chi connectivity index (χ4n) is 1.68. The van der Waals surface area contributed by atoms with Crippen molar-refractivity contribution < 1.29 is 22.0 Å². The second-order valence-corrected chi connectivity index (χ2v) is 6.31. The first-order valence-corrected chi connectivity index (χ1v) is 6.63. The van der Waals surface area contributed by atoms with E-state index in [9.17, 15) is 22.0 Å². The predicted octanol–water partition coefficient (Wildman–Crippen LogP) is 5.41. The lowest BCUT2D eigenvalue weighted by Gasteiger charge is -2.15. The molecule has 0 aliphatic heterocycles. The number of rotatable bonds is 1. The Morgan fingerprint density at radius 1 is 0.800 bits per heavy atom. The second-order valence-electron chi connectivity index (χ2n) is 5.39. The SMILES string of the molecule is CC(C)(C)c1csc(-c2c(F)c(F)c(F)c(F)c2F)c1. The van der Waals surface area contributed by atoms with Crippen LogP contribution in [0.3, 0.4) is 0 Å². The monoisotopic (exact) mass is 306 g/mol. The molecule has 20 heavy (non-hydrogen) atoms. The number of hydrogen-bond donors (Lipinski definition) is 0. The van der Waals surface area contributed by atoms with Crippen molar-refractivity contribution in [2.75, 3.05) is 0 Å². The maximum Gasteiger partial charge on any atom is 0.200 e. The first-order chi connectivity index (χ1) is 9.14. The molecule has 0 spiro atoms. The third-order valence-electron chi connectivity index (χ3n) is 2.92. The minimum absolute atomic E-state index is 0.0164. The molecule has 108 valence electrons. The fourth-order valence-corrected chi connectivity index (χ4v) is 2.85. The van der Waals surface area contributed by atoms with Crippen molar-refractivity contribution in [1.82, 2.24) is 0 Å². The minimum Gasteiger partial charge on any atom is -0.203 e. The van der Waals surface area contributed by atoms with Gasteiger partial charge in [-0.25, -0.2) is 22.0 Å². The van der Waals surface area contributed by atoms with Gasteiger partial charge in [-0.3, -0.25) is 0 Å². The lowest BCUT2D eigenvalue weighted by Crippen LogP contribution is -2.09. The first kappa shape index (κ1) is 15.0. The molecule has 2 aromatic rings. The van der Waals surface area contributed by atoms with Crippen LogP contribution in [-0.4, -0.2) is 0 Å². The van der Waals surface area contributed by atoms with E-state index in [-0.39, 0.29) is 10.3 Å². The topological polar surface area (TPSA) is 0 Å². The van der Waals surface area contributed by atoms with E-state index in [1.165, 1.54) is 6.07 Å². The molecule has 0 saturated heterocycles. The van der Waals surface area contributed by atoms with E-state index < -0.39 is 34.6 Å². The minimum atomic E-state index is -2.14. The van der Waals surface area contributed by atoms with Crippen LogP contribution >= 0.6 is 11.3 Å². The molecular weight excluding hydrogens is 295 g/mol. The van der Waals surface area contributed by atoms with E-state index in [1.807, 2.05) is 20.8 Å². The lowest BCUT2D eigenvalue weighted by atomic mass is 9.89. The largest absolute Gasteiger partial charge is 0.203 e. The molecule has 6 heteroatoms. The maximum absolute atomic E-state index is 13.7. The van der Waals surface area contributed by atoms with Crippen molar-refractivity contribution in [3.63, 3.8) is 0 Å². The zero-order valence-corrected chi connectivity index (χ0v) is 11.8. The van der Waals surface area contributed by atoms with Gasteiger partial charge >= 0.3 is 0 Å². The highest BCUT2D eigenvalue weighted by Crippen LogP contribution is 2.37. The summed E-state index contributed by atoms with van der Waals surface area (Å²) in [6, 6.07) is 1.45. The number of benzene rings is 1. The standard InChI is InChI=1S/C14H11F5S/c1-14(2,3)6-4-7(20-5-6)8-9(15)11(17)13(19)12(18)10(8)16/h4-5H,1-3H3. The summed E-state index contributed by atoms with van der Waals surface area (Å²) in [7, 11) is 0. The Bertz CT molecular complexity index is 638. The van der Waals surface area contributed by atoms with Crippen molar-refractivity contribution in [3.05, 3.63) is 46.1 Å². The van der Waals surface area contributed by atoms with Gasteiger partial charge in [0.15, 0.2) is 23.3 Å². The van der Waals surface area contributed by atoms with Crippen molar-refractivity contribution in [3.8, 4) is 10.4 Å². The summed E-state index contributed by atoms with van der Waals surface area (Å²) in [5, 5.41) is 1.65. The van der Waals surface area contributed by atoms with E-state index in [0.29, 0.717) is 0 Å². The average molecular weight is 306 g/mol. The predicted molar refractivity (Wildman–Crippen MR) is 68.2 cm³/mol. The van der Waals surface area contributed by atoms with Crippen LogP contribution in [0.25, 0.3) is 10.4 Å². The van der Waals surface area contributed by atoms with Gasteiger partial charge in [0.25, 0.3) is 0 Å². The van der Waals surface area contributed by atoms with Gasteiger partial charge in [0.2, 0.25) is 5.82 Å². The fraction of sp³-hybridized carbons (Fsp3) is 0.286. The van der Waals surface area contributed by atoms with Crippen LogP contribution in [-0.2, 0) is 5.41 Å². The highest BCUT2D eigenvalue weighted by molar-refractivity contribution is 7.13. The van der Waals surface area contributed by atoms with E-state index in [2.05, 4.69) is 0 Å². The van der Waals surface area contributed by atoms with Gasteiger partial charge in [0.1, 0.15) is 0 Å². The molecule has 0 nitrogen and oxygen atoms in total. The summed E-state index contributed by atoms with van der Waals surface area (Å²) >= 11 is 0.945. The molecule has 0 saturated carbocycles.